The molecule has 48 heavy (non-hydrogen) atoms. The largest absolute Gasteiger partial charge is 0.454 e. The number of nitrogens with one attached hydrogen (secondary N) is 1. The molecule has 260 valence electrons. The number of hydrogen-bond acceptors (Lipinski definition) is 8. The summed E-state index contributed by atoms with van der Waals surface area (Å²) in [6.45, 7) is 4.32. The number of nitrogens with zero attached hydrogens (tertiary/aromatic N) is 5. The SMILES string of the molecule is CC(=O)Nc1cc(F)c(C(F)(F)F)c(-c2ncc3c(N4CC5CCC(C4)N5C(=O)OC(C)(C)C)nc(OCC(F)(F)F)nc3c2F)c1Cl. The first kappa shape index (κ1) is 35.1. The molecule has 0 radical (unpaired) electrons. The number of anilines is 2. The van der Waals surface area contributed by atoms with Crippen LogP contribution in [-0.4, -0.2) is 75.4 Å². The summed E-state index contributed by atoms with van der Waals surface area (Å²) in [5.74, 6) is -4.53. The molecule has 2 aliphatic heterocycles. The van der Waals surface area contributed by atoms with Crippen molar-refractivity contribution >= 4 is 46.0 Å². The lowest BCUT2D eigenvalue weighted by molar-refractivity contribution is -0.154. The first-order valence-electron chi connectivity index (χ1n) is 14.3. The molecule has 19 heteroatoms. The third kappa shape index (κ3) is 7.12. The van der Waals surface area contributed by atoms with Gasteiger partial charge >= 0.3 is 24.5 Å². The van der Waals surface area contributed by atoms with Crippen molar-refractivity contribution in [3.8, 4) is 17.3 Å². The molecule has 2 bridgehead atoms. The van der Waals surface area contributed by atoms with Gasteiger partial charge in [0.1, 0.15) is 34.0 Å². The van der Waals surface area contributed by atoms with Gasteiger partial charge in [-0.05, 0) is 39.7 Å². The number of halogens is 9. The number of amides is 2. The highest BCUT2D eigenvalue weighted by molar-refractivity contribution is 6.36. The van der Waals surface area contributed by atoms with Crippen LogP contribution in [0.2, 0.25) is 5.02 Å². The smallest absolute Gasteiger partial charge is 0.422 e. The average molecular weight is 711 g/mol. The highest BCUT2D eigenvalue weighted by atomic mass is 35.5. The predicted molar refractivity (Wildman–Crippen MR) is 156 cm³/mol. The fraction of sp³-hybridized carbons (Fsp3) is 0.483. The number of aromatic nitrogens is 3. The van der Waals surface area contributed by atoms with Gasteiger partial charge in [-0.1, -0.05) is 11.6 Å². The molecule has 0 saturated carbocycles. The maximum atomic E-state index is 16.4. The Kier molecular flexibility index (Phi) is 9.03. The Balaban J connectivity index is 1.66. The Morgan fingerprint density at radius 2 is 1.67 bits per heavy atom. The number of piperazine rings is 1. The van der Waals surface area contributed by atoms with Crippen LogP contribution in [0.1, 0.15) is 46.1 Å². The molecule has 2 saturated heterocycles. The summed E-state index contributed by atoms with van der Waals surface area (Å²) in [4.78, 5) is 39.3. The van der Waals surface area contributed by atoms with Gasteiger partial charge in [0.05, 0.1) is 28.2 Å². The van der Waals surface area contributed by atoms with Crippen molar-refractivity contribution in [3.63, 3.8) is 0 Å². The molecule has 0 aliphatic carbocycles. The minimum atomic E-state index is -5.44. The number of hydrogen-bond donors (Lipinski definition) is 1. The van der Waals surface area contributed by atoms with E-state index in [1.807, 2.05) is 0 Å². The standard InChI is InChI=1S/C29H27ClF8N6O4/c1-12(45)40-17-7-16(31)19(29(36,37)38)18(20(17)30)23-21(32)22-15(8-39-23)24(42-25(41-22)47-11-28(33,34)35)43-9-13-5-6-14(10-43)44(13)26(46)48-27(2,3)4/h7-8,13-14H,5-6,9-11H2,1-4H3,(H,40,45). The van der Waals surface area contributed by atoms with Gasteiger partial charge < -0.3 is 19.7 Å². The van der Waals surface area contributed by atoms with Gasteiger partial charge in [0.25, 0.3) is 0 Å². The van der Waals surface area contributed by atoms with Crippen LogP contribution in [0.3, 0.4) is 0 Å². The first-order valence-corrected chi connectivity index (χ1v) is 14.7. The van der Waals surface area contributed by atoms with Crippen LogP contribution < -0.4 is 15.0 Å². The van der Waals surface area contributed by atoms with Crippen LogP contribution in [0.5, 0.6) is 6.01 Å². The molecule has 5 rings (SSSR count). The van der Waals surface area contributed by atoms with Crippen LogP contribution in [0, 0.1) is 11.6 Å². The van der Waals surface area contributed by atoms with E-state index in [1.165, 1.54) is 0 Å². The Bertz CT molecular complexity index is 1770. The quantitative estimate of drug-likeness (QED) is 0.279. The van der Waals surface area contributed by atoms with Crippen molar-refractivity contribution in [1.29, 1.82) is 0 Å². The second kappa shape index (κ2) is 12.3. The number of alkyl halides is 6. The average Bonchev–Trinajstić information content (AvgIpc) is 3.21. The van der Waals surface area contributed by atoms with Gasteiger partial charge in [-0.3, -0.25) is 14.7 Å². The molecule has 2 unspecified atom stereocenters. The van der Waals surface area contributed by atoms with Crippen LogP contribution in [0.25, 0.3) is 22.2 Å². The van der Waals surface area contributed by atoms with Crippen LogP contribution >= 0.6 is 11.6 Å². The van der Waals surface area contributed by atoms with Gasteiger partial charge in [0.2, 0.25) is 5.91 Å². The lowest BCUT2D eigenvalue weighted by Gasteiger charge is -2.42. The van der Waals surface area contributed by atoms with Gasteiger partial charge in [-0.15, -0.1) is 0 Å². The fourth-order valence-corrected chi connectivity index (χ4v) is 6.03. The normalized spacial score (nSPS) is 18.4. The Morgan fingerprint density at radius 3 is 2.21 bits per heavy atom. The third-order valence-electron chi connectivity index (χ3n) is 7.44. The third-order valence-corrected chi connectivity index (χ3v) is 7.83. The number of carbonyl (C=O) groups is 2. The number of ether oxygens (including phenoxy) is 2. The molecular weight excluding hydrogens is 684 g/mol. The lowest BCUT2D eigenvalue weighted by atomic mass is 10.00. The molecule has 1 aromatic carbocycles. The zero-order chi connectivity index (χ0) is 35.5. The summed E-state index contributed by atoms with van der Waals surface area (Å²) in [6, 6.07) is -1.53. The zero-order valence-corrected chi connectivity index (χ0v) is 26.4. The van der Waals surface area contributed by atoms with E-state index in [1.54, 1.807) is 30.6 Å². The van der Waals surface area contributed by atoms with Gasteiger partial charge in [0.15, 0.2) is 12.4 Å². The van der Waals surface area contributed by atoms with E-state index in [0.717, 1.165) is 13.1 Å². The van der Waals surface area contributed by atoms with Crippen LogP contribution in [0.15, 0.2) is 12.3 Å². The number of pyridine rings is 1. The second-order valence-electron chi connectivity index (χ2n) is 12.2. The molecule has 4 heterocycles. The summed E-state index contributed by atoms with van der Waals surface area (Å²) in [5, 5.41) is 0.918. The van der Waals surface area contributed by atoms with Crippen molar-refractivity contribution in [2.24, 2.45) is 0 Å². The molecule has 2 fully saturated rings. The Hall–Kier alpha value is -4.22. The van der Waals surface area contributed by atoms with Gasteiger partial charge in [-0.25, -0.2) is 13.6 Å². The van der Waals surface area contributed by atoms with Crippen molar-refractivity contribution in [1.82, 2.24) is 19.9 Å². The summed E-state index contributed by atoms with van der Waals surface area (Å²) < 4.78 is 123. The van der Waals surface area contributed by atoms with E-state index in [-0.39, 0.29) is 24.3 Å². The van der Waals surface area contributed by atoms with Crippen molar-refractivity contribution in [3.05, 3.63) is 34.5 Å². The number of rotatable bonds is 5. The maximum absolute atomic E-state index is 16.4. The van der Waals surface area contributed by atoms with Crippen molar-refractivity contribution in [2.75, 3.05) is 29.9 Å². The monoisotopic (exact) mass is 710 g/mol. The number of fused-ring (bicyclic) bond motifs is 3. The number of benzene rings is 1. The van der Waals surface area contributed by atoms with Gasteiger partial charge in [0, 0.05) is 31.8 Å². The molecule has 2 aliphatic rings. The molecule has 10 nitrogen and oxygen atoms in total. The highest BCUT2D eigenvalue weighted by Gasteiger charge is 2.46. The molecule has 2 amide bonds. The molecule has 1 N–H and O–H groups in total. The lowest BCUT2D eigenvalue weighted by Crippen LogP contribution is -2.57. The fourth-order valence-electron chi connectivity index (χ4n) is 5.74. The van der Waals surface area contributed by atoms with E-state index >= 15 is 4.39 Å². The minimum absolute atomic E-state index is 0.0674. The van der Waals surface area contributed by atoms with Crippen LogP contribution in [-0.2, 0) is 15.7 Å². The summed E-state index contributed by atoms with van der Waals surface area (Å²) >= 11 is 6.18. The second-order valence-corrected chi connectivity index (χ2v) is 12.6. The molecule has 0 spiro atoms. The maximum Gasteiger partial charge on any atom is 0.422 e. The van der Waals surface area contributed by atoms with Gasteiger partial charge in [-0.2, -0.15) is 36.3 Å². The Labute approximate surface area is 272 Å². The Morgan fingerprint density at radius 1 is 1.04 bits per heavy atom. The van der Waals surface area contributed by atoms with E-state index in [4.69, 9.17) is 21.1 Å². The summed E-state index contributed by atoms with van der Waals surface area (Å²) in [7, 11) is 0. The summed E-state index contributed by atoms with van der Waals surface area (Å²) in [6.07, 6.45) is -8.93. The molecule has 2 atom stereocenters. The van der Waals surface area contributed by atoms with Crippen molar-refractivity contribution in [2.45, 2.75) is 70.6 Å². The first-order chi connectivity index (χ1) is 22.1. The zero-order valence-electron chi connectivity index (χ0n) is 25.6. The topological polar surface area (TPSA) is 110 Å². The minimum Gasteiger partial charge on any atom is -0.454 e. The predicted octanol–water partition coefficient (Wildman–Crippen LogP) is 7.13. The highest BCUT2D eigenvalue weighted by Crippen LogP contribution is 2.47. The molecular formula is C29H27ClF8N6O4. The molecule has 3 aromatic rings. The summed E-state index contributed by atoms with van der Waals surface area (Å²) in [5.41, 5.74) is -6.67. The van der Waals surface area contributed by atoms with Crippen LogP contribution in [0.4, 0.5) is 51.4 Å². The van der Waals surface area contributed by atoms with Crippen molar-refractivity contribution < 1.29 is 54.2 Å². The molecule has 2 aromatic heterocycles. The van der Waals surface area contributed by atoms with E-state index in [0.29, 0.717) is 18.9 Å². The van der Waals surface area contributed by atoms with E-state index in [9.17, 15) is 40.3 Å². The van der Waals surface area contributed by atoms with E-state index < -0.39 is 99.3 Å². The number of carbonyl (C=O) groups excluding carboxylic acids is 2. The van der Waals surface area contributed by atoms with E-state index in [2.05, 4.69) is 20.3 Å².